The van der Waals surface area contributed by atoms with Gasteiger partial charge in [-0.2, -0.15) is 0 Å². The number of benzene rings is 1. The van der Waals surface area contributed by atoms with Crippen LogP contribution in [0.15, 0.2) is 35.1 Å². The zero-order chi connectivity index (χ0) is 10.8. The Bertz CT molecular complexity index is 342. The Labute approximate surface area is 88.5 Å². The van der Waals surface area contributed by atoms with Gasteiger partial charge < -0.3 is 5.32 Å². The van der Waals surface area contributed by atoms with E-state index < -0.39 is 10.0 Å². The summed E-state index contributed by atoms with van der Waals surface area (Å²) in [4.78, 5) is 1.39. The third-order valence-electron chi connectivity index (χ3n) is 2.36. The third-order valence-corrected chi connectivity index (χ3v) is 4.65. The average molecular weight is 209 g/mol. The largest absolute Gasteiger partial charge is 0.388 e. The molecule has 0 saturated carbocycles. The van der Waals surface area contributed by atoms with Crippen molar-refractivity contribution < 1.29 is 0 Å². The highest BCUT2D eigenvalue weighted by molar-refractivity contribution is 8.35. The van der Waals surface area contributed by atoms with Crippen LogP contribution in [0.25, 0.3) is 0 Å². The Morgan fingerprint density at radius 3 is 2.43 bits per heavy atom. The van der Waals surface area contributed by atoms with Gasteiger partial charge in [0.1, 0.15) is 0 Å². The second-order valence-electron chi connectivity index (χ2n) is 3.86. The zero-order valence-corrected chi connectivity index (χ0v) is 10.2. The maximum Gasteiger partial charge on any atom is 0.0351 e. The fourth-order valence-corrected chi connectivity index (χ4v) is 2.41. The molecule has 0 fully saturated rings. The molecule has 1 rings (SSSR count). The van der Waals surface area contributed by atoms with Gasteiger partial charge in [-0.05, 0) is 48.1 Å². The van der Waals surface area contributed by atoms with Crippen LogP contribution >= 0.6 is 10.0 Å². The molecule has 0 spiro atoms. The number of hydrogen-bond donors (Lipinski definition) is 1. The van der Waals surface area contributed by atoms with Crippen molar-refractivity contribution in [1.29, 1.82) is 0 Å². The molecule has 0 saturated heterocycles. The molecule has 0 amide bonds. The summed E-state index contributed by atoms with van der Waals surface area (Å²) in [5, 5.41) is 5.25. The monoisotopic (exact) mass is 209 g/mol. The van der Waals surface area contributed by atoms with Gasteiger partial charge in [-0.1, -0.05) is 12.0 Å². The molecule has 0 bridgehead atoms. The van der Waals surface area contributed by atoms with Crippen molar-refractivity contribution >= 4 is 15.7 Å². The van der Waals surface area contributed by atoms with E-state index in [-0.39, 0.29) is 0 Å². The molecule has 0 aromatic heterocycles. The molecule has 0 heterocycles. The summed E-state index contributed by atoms with van der Waals surface area (Å²) < 4.78 is 0. The molecule has 2 heteroatoms. The van der Waals surface area contributed by atoms with Gasteiger partial charge in [0.2, 0.25) is 0 Å². The van der Waals surface area contributed by atoms with Crippen LogP contribution in [0.2, 0.25) is 0 Å². The van der Waals surface area contributed by atoms with Gasteiger partial charge in [0.25, 0.3) is 0 Å². The normalized spacial score (nSPS) is 12.3. The van der Waals surface area contributed by atoms with E-state index in [0.717, 1.165) is 0 Å². The SMILES string of the molecule is C=CS(C)(C)c1cc(C)cc(NC)c1. The topological polar surface area (TPSA) is 12.0 Å². The second kappa shape index (κ2) is 4.09. The van der Waals surface area contributed by atoms with Gasteiger partial charge in [-0.25, -0.2) is 10.0 Å². The fourth-order valence-electron chi connectivity index (χ4n) is 1.29. The third kappa shape index (κ3) is 2.32. The summed E-state index contributed by atoms with van der Waals surface area (Å²) >= 11 is 0. The second-order valence-corrected chi connectivity index (χ2v) is 7.47. The van der Waals surface area contributed by atoms with Crippen LogP contribution in [-0.2, 0) is 0 Å². The molecular formula is C12H19NS. The van der Waals surface area contributed by atoms with Gasteiger partial charge in [0.05, 0.1) is 0 Å². The Morgan fingerprint density at radius 1 is 1.29 bits per heavy atom. The molecule has 14 heavy (non-hydrogen) atoms. The summed E-state index contributed by atoms with van der Waals surface area (Å²) in [6.45, 7) is 6.04. The molecule has 1 aromatic carbocycles. The molecule has 0 atom stereocenters. The van der Waals surface area contributed by atoms with E-state index in [1.165, 1.54) is 16.1 Å². The minimum atomic E-state index is -0.829. The first kappa shape index (κ1) is 11.2. The summed E-state index contributed by atoms with van der Waals surface area (Å²) in [6, 6.07) is 6.62. The molecule has 78 valence electrons. The minimum absolute atomic E-state index is 0.829. The minimum Gasteiger partial charge on any atom is -0.388 e. The van der Waals surface area contributed by atoms with Crippen LogP contribution in [0.3, 0.4) is 0 Å². The van der Waals surface area contributed by atoms with Crippen LogP contribution in [-0.4, -0.2) is 19.6 Å². The number of rotatable bonds is 3. The van der Waals surface area contributed by atoms with Crippen molar-refractivity contribution in [3.8, 4) is 0 Å². The Hall–Kier alpha value is -0.890. The summed E-state index contributed by atoms with van der Waals surface area (Å²) in [7, 11) is 1.12. The number of aryl methyl sites for hydroxylation is 1. The predicted molar refractivity (Wildman–Crippen MR) is 68.6 cm³/mol. The standard InChI is InChI=1S/C12H19NS/c1-6-14(4,5)12-8-10(2)7-11(9-12)13-3/h6-9,13H,1H2,2-5H3. The fraction of sp³-hybridized carbons (Fsp3) is 0.333. The lowest BCUT2D eigenvalue weighted by Crippen LogP contribution is -1.95. The molecular weight excluding hydrogens is 190 g/mol. The first-order chi connectivity index (χ1) is 6.49. The molecule has 0 aliphatic heterocycles. The van der Waals surface area contributed by atoms with Crippen LogP contribution in [0.5, 0.6) is 0 Å². The number of anilines is 1. The molecule has 1 N–H and O–H groups in total. The van der Waals surface area contributed by atoms with Crippen molar-refractivity contribution in [3.63, 3.8) is 0 Å². The molecule has 0 unspecified atom stereocenters. The lowest BCUT2D eigenvalue weighted by Gasteiger charge is -2.28. The van der Waals surface area contributed by atoms with Crippen molar-refractivity contribution in [1.82, 2.24) is 0 Å². The van der Waals surface area contributed by atoms with Gasteiger partial charge in [-0.15, -0.1) is 0 Å². The maximum atomic E-state index is 3.91. The first-order valence-corrected chi connectivity index (χ1v) is 7.16. The van der Waals surface area contributed by atoms with Gasteiger partial charge in [0.15, 0.2) is 0 Å². The van der Waals surface area contributed by atoms with Gasteiger partial charge in [-0.3, -0.25) is 0 Å². The first-order valence-electron chi connectivity index (χ1n) is 4.65. The van der Waals surface area contributed by atoms with E-state index in [0.29, 0.717) is 0 Å². The summed E-state index contributed by atoms with van der Waals surface area (Å²) in [6.07, 6.45) is 4.52. The lowest BCUT2D eigenvalue weighted by molar-refractivity contribution is 1.33. The van der Waals surface area contributed by atoms with Crippen molar-refractivity contribution in [2.24, 2.45) is 0 Å². The molecule has 0 aliphatic carbocycles. The Kier molecular flexibility index (Phi) is 3.27. The van der Waals surface area contributed by atoms with E-state index in [9.17, 15) is 0 Å². The van der Waals surface area contributed by atoms with Gasteiger partial charge in [0, 0.05) is 12.7 Å². The van der Waals surface area contributed by atoms with Crippen LogP contribution in [0.4, 0.5) is 5.69 Å². The Morgan fingerprint density at radius 2 is 1.93 bits per heavy atom. The number of hydrogen-bond acceptors (Lipinski definition) is 1. The zero-order valence-electron chi connectivity index (χ0n) is 9.42. The molecule has 1 aromatic rings. The smallest absolute Gasteiger partial charge is 0.0351 e. The van der Waals surface area contributed by atoms with E-state index >= 15 is 0 Å². The van der Waals surface area contributed by atoms with Crippen LogP contribution in [0, 0.1) is 6.92 Å². The van der Waals surface area contributed by atoms with Crippen LogP contribution in [0.1, 0.15) is 5.56 Å². The van der Waals surface area contributed by atoms with Gasteiger partial charge >= 0.3 is 0 Å². The highest BCUT2D eigenvalue weighted by Gasteiger charge is 2.11. The van der Waals surface area contributed by atoms with Crippen molar-refractivity contribution in [2.75, 3.05) is 24.9 Å². The average Bonchev–Trinajstić information content (AvgIpc) is 2.16. The maximum absolute atomic E-state index is 3.91. The van der Waals surface area contributed by atoms with Crippen molar-refractivity contribution in [2.45, 2.75) is 11.8 Å². The van der Waals surface area contributed by atoms with E-state index in [4.69, 9.17) is 0 Å². The summed E-state index contributed by atoms with van der Waals surface area (Å²) in [5.41, 5.74) is 2.48. The van der Waals surface area contributed by atoms with Crippen molar-refractivity contribution in [3.05, 3.63) is 35.7 Å². The Balaban J connectivity index is 3.21. The lowest BCUT2D eigenvalue weighted by atomic mass is 10.2. The van der Waals surface area contributed by atoms with E-state index in [1.807, 2.05) is 7.05 Å². The molecule has 0 aliphatic rings. The number of nitrogens with one attached hydrogen (secondary N) is 1. The quantitative estimate of drug-likeness (QED) is 0.802. The molecule has 1 nitrogen and oxygen atoms in total. The molecule has 0 radical (unpaired) electrons. The highest BCUT2D eigenvalue weighted by Crippen LogP contribution is 2.50. The summed E-state index contributed by atoms with van der Waals surface area (Å²) in [5.74, 6) is 0. The highest BCUT2D eigenvalue weighted by atomic mass is 32.3. The predicted octanol–water partition coefficient (Wildman–Crippen LogP) is 3.60. The van der Waals surface area contributed by atoms with Crippen LogP contribution < -0.4 is 5.32 Å². The van der Waals surface area contributed by atoms with E-state index in [2.05, 4.69) is 54.9 Å². The van der Waals surface area contributed by atoms with E-state index in [1.54, 1.807) is 0 Å².